The number of nitrogens with zero attached hydrogens (tertiary/aromatic N) is 1. The number of carbonyl (C=O) groups excluding carboxylic acids is 2. The molecule has 0 aromatic heterocycles. The second-order valence-electron chi connectivity index (χ2n) is 6.04. The summed E-state index contributed by atoms with van der Waals surface area (Å²) in [5.74, 6) is 0.0417. The number of hydrogen-bond acceptors (Lipinski definition) is 5. The zero-order valence-electron chi connectivity index (χ0n) is 14.7. The van der Waals surface area contributed by atoms with Gasteiger partial charge in [0.05, 0.1) is 18.8 Å². The third-order valence-corrected chi connectivity index (χ3v) is 4.15. The first-order valence-electron chi connectivity index (χ1n) is 8.59. The average Bonchev–Trinajstić information content (AvgIpc) is 2.68. The van der Waals surface area contributed by atoms with Gasteiger partial charge in [-0.3, -0.25) is 9.59 Å². The first-order chi connectivity index (χ1) is 12.6. The van der Waals surface area contributed by atoms with Gasteiger partial charge in [0.2, 0.25) is 0 Å². The fourth-order valence-corrected chi connectivity index (χ4v) is 2.80. The largest absolute Gasteiger partial charge is 0.483 e. The van der Waals surface area contributed by atoms with Crippen LogP contribution < -0.4 is 15.0 Å². The number of benzene rings is 2. The molecule has 0 aliphatic carbocycles. The summed E-state index contributed by atoms with van der Waals surface area (Å²) in [4.78, 5) is 25.9. The van der Waals surface area contributed by atoms with Gasteiger partial charge in [0.25, 0.3) is 5.91 Å². The molecule has 0 saturated carbocycles. The summed E-state index contributed by atoms with van der Waals surface area (Å²) < 4.78 is 10.8. The van der Waals surface area contributed by atoms with Crippen LogP contribution in [0, 0.1) is 0 Å². The Labute approximate surface area is 152 Å². The summed E-state index contributed by atoms with van der Waals surface area (Å²) in [5, 5.41) is 2.80. The van der Waals surface area contributed by atoms with E-state index in [1.165, 1.54) is 6.92 Å². The fourth-order valence-electron chi connectivity index (χ4n) is 2.80. The minimum Gasteiger partial charge on any atom is -0.483 e. The molecular formula is C20H22N2O4. The van der Waals surface area contributed by atoms with Crippen molar-refractivity contribution >= 4 is 23.1 Å². The van der Waals surface area contributed by atoms with Gasteiger partial charge in [0, 0.05) is 24.5 Å². The Morgan fingerprint density at radius 3 is 2.46 bits per heavy atom. The lowest BCUT2D eigenvalue weighted by atomic mass is 10.1. The van der Waals surface area contributed by atoms with E-state index in [-0.39, 0.29) is 18.3 Å². The van der Waals surface area contributed by atoms with Crippen LogP contribution in [0.3, 0.4) is 0 Å². The van der Waals surface area contributed by atoms with Crippen molar-refractivity contribution in [3.63, 3.8) is 0 Å². The number of morpholine rings is 1. The number of nitrogens with one attached hydrogen (secondary N) is 1. The third kappa shape index (κ3) is 4.61. The van der Waals surface area contributed by atoms with Crippen LogP contribution in [0.15, 0.2) is 48.5 Å². The lowest BCUT2D eigenvalue weighted by Crippen LogP contribution is -2.36. The number of amides is 1. The van der Waals surface area contributed by atoms with E-state index in [1.807, 2.05) is 24.3 Å². The Hall–Kier alpha value is -2.86. The van der Waals surface area contributed by atoms with Crippen molar-refractivity contribution in [3.05, 3.63) is 54.1 Å². The fraction of sp³-hybridized carbons (Fsp3) is 0.300. The van der Waals surface area contributed by atoms with Gasteiger partial charge in [-0.05, 0) is 43.3 Å². The maximum atomic E-state index is 12.1. The van der Waals surface area contributed by atoms with Crippen molar-refractivity contribution < 1.29 is 19.1 Å². The van der Waals surface area contributed by atoms with Crippen molar-refractivity contribution in [3.8, 4) is 5.75 Å². The molecule has 1 aliphatic heterocycles. The number of Topliss-reactive ketones (excluding diaryl/α,β-unsaturated/α-hetero) is 1. The average molecular weight is 354 g/mol. The summed E-state index contributed by atoms with van der Waals surface area (Å²) in [7, 11) is 0. The molecule has 6 nitrogen and oxygen atoms in total. The summed E-state index contributed by atoms with van der Waals surface area (Å²) >= 11 is 0. The van der Waals surface area contributed by atoms with Gasteiger partial charge in [-0.1, -0.05) is 12.1 Å². The molecule has 2 aromatic carbocycles. The molecule has 136 valence electrons. The summed E-state index contributed by atoms with van der Waals surface area (Å²) in [6.07, 6.45) is 0. The van der Waals surface area contributed by atoms with E-state index in [4.69, 9.17) is 9.47 Å². The van der Waals surface area contributed by atoms with E-state index in [9.17, 15) is 9.59 Å². The Bertz CT molecular complexity index is 768. The molecule has 1 aliphatic rings. The van der Waals surface area contributed by atoms with Gasteiger partial charge < -0.3 is 19.7 Å². The summed E-state index contributed by atoms with van der Waals surface area (Å²) in [5.41, 5.74) is 2.28. The number of carbonyl (C=O) groups is 2. The van der Waals surface area contributed by atoms with Crippen molar-refractivity contribution in [1.82, 2.24) is 0 Å². The van der Waals surface area contributed by atoms with Gasteiger partial charge >= 0.3 is 0 Å². The molecule has 26 heavy (non-hydrogen) atoms. The number of ketones is 1. The van der Waals surface area contributed by atoms with E-state index in [0.29, 0.717) is 17.0 Å². The van der Waals surface area contributed by atoms with Crippen LogP contribution in [-0.2, 0) is 9.53 Å². The summed E-state index contributed by atoms with van der Waals surface area (Å²) in [6, 6.07) is 14.6. The maximum Gasteiger partial charge on any atom is 0.262 e. The smallest absolute Gasteiger partial charge is 0.262 e. The van der Waals surface area contributed by atoms with Crippen LogP contribution in [0.1, 0.15) is 17.3 Å². The number of hydrogen-bond donors (Lipinski definition) is 1. The molecule has 3 rings (SSSR count). The van der Waals surface area contributed by atoms with Crippen molar-refractivity contribution in [1.29, 1.82) is 0 Å². The zero-order chi connectivity index (χ0) is 18.4. The molecule has 0 atom stereocenters. The molecule has 0 unspecified atom stereocenters. The molecule has 0 spiro atoms. The second-order valence-corrected chi connectivity index (χ2v) is 6.04. The van der Waals surface area contributed by atoms with Gasteiger partial charge in [0.15, 0.2) is 12.4 Å². The number of para-hydroxylation sites is 1. The van der Waals surface area contributed by atoms with Crippen LogP contribution >= 0.6 is 0 Å². The van der Waals surface area contributed by atoms with Gasteiger partial charge in [-0.2, -0.15) is 0 Å². The highest BCUT2D eigenvalue weighted by Crippen LogP contribution is 2.20. The number of anilines is 2. The number of rotatable bonds is 6. The normalized spacial score (nSPS) is 14.0. The van der Waals surface area contributed by atoms with E-state index < -0.39 is 0 Å². The van der Waals surface area contributed by atoms with Crippen LogP contribution in [0.25, 0.3) is 0 Å². The highest BCUT2D eigenvalue weighted by Gasteiger charge is 2.12. The molecule has 1 amide bonds. The highest BCUT2D eigenvalue weighted by atomic mass is 16.5. The highest BCUT2D eigenvalue weighted by molar-refractivity contribution is 5.97. The molecule has 2 aromatic rings. The lowest BCUT2D eigenvalue weighted by molar-refractivity contribution is -0.118. The molecule has 0 radical (unpaired) electrons. The van der Waals surface area contributed by atoms with Gasteiger partial charge in [-0.25, -0.2) is 0 Å². The van der Waals surface area contributed by atoms with Crippen LogP contribution in [-0.4, -0.2) is 44.6 Å². The van der Waals surface area contributed by atoms with Gasteiger partial charge in [-0.15, -0.1) is 0 Å². The quantitative estimate of drug-likeness (QED) is 0.808. The SMILES string of the molecule is CC(=O)c1ccccc1OCC(=O)Nc1ccc(N2CCOCC2)cc1. The van der Waals surface area contributed by atoms with Crippen molar-refractivity contribution in [2.24, 2.45) is 0 Å². The summed E-state index contributed by atoms with van der Waals surface area (Å²) in [6.45, 7) is 4.52. The molecule has 0 bridgehead atoms. The number of ether oxygens (including phenoxy) is 2. The minimum absolute atomic E-state index is 0.0975. The molecule has 1 fully saturated rings. The van der Waals surface area contributed by atoms with Crippen molar-refractivity contribution in [2.45, 2.75) is 6.92 Å². The Balaban J connectivity index is 1.54. The monoisotopic (exact) mass is 354 g/mol. The van der Waals surface area contributed by atoms with Gasteiger partial charge in [0.1, 0.15) is 5.75 Å². The molecule has 1 N–H and O–H groups in total. The van der Waals surface area contributed by atoms with E-state index in [1.54, 1.807) is 24.3 Å². The molecular weight excluding hydrogens is 332 g/mol. The maximum absolute atomic E-state index is 12.1. The van der Waals surface area contributed by atoms with Crippen LogP contribution in [0.2, 0.25) is 0 Å². The van der Waals surface area contributed by atoms with E-state index >= 15 is 0 Å². The second kappa shape index (κ2) is 8.49. The Morgan fingerprint density at radius 1 is 1.08 bits per heavy atom. The predicted molar refractivity (Wildman–Crippen MR) is 100 cm³/mol. The zero-order valence-corrected chi connectivity index (χ0v) is 14.7. The molecule has 1 heterocycles. The van der Waals surface area contributed by atoms with Crippen LogP contribution in [0.4, 0.5) is 11.4 Å². The first kappa shape index (κ1) is 17.9. The lowest BCUT2D eigenvalue weighted by Gasteiger charge is -2.28. The molecule has 1 saturated heterocycles. The third-order valence-electron chi connectivity index (χ3n) is 4.15. The predicted octanol–water partition coefficient (Wildman–Crippen LogP) is 2.74. The standard InChI is InChI=1S/C20H22N2O4/c1-15(23)18-4-2-3-5-19(18)26-14-20(24)21-16-6-8-17(9-7-16)22-10-12-25-13-11-22/h2-9H,10-14H2,1H3,(H,21,24). The van der Waals surface area contributed by atoms with E-state index in [2.05, 4.69) is 10.2 Å². The van der Waals surface area contributed by atoms with E-state index in [0.717, 1.165) is 32.0 Å². The van der Waals surface area contributed by atoms with Crippen molar-refractivity contribution in [2.75, 3.05) is 43.1 Å². The minimum atomic E-state index is -0.275. The molecule has 6 heteroatoms. The topological polar surface area (TPSA) is 67.9 Å². The van der Waals surface area contributed by atoms with Crippen LogP contribution in [0.5, 0.6) is 5.75 Å². The Kier molecular flexibility index (Phi) is 5.86. The first-order valence-corrected chi connectivity index (χ1v) is 8.59. The Morgan fingerprint density at radius 2 is 1.77 bits per heavy atom.